The molecule has 0 saturated heterocycles. The van der Waals surface area contributed by atoms with Crippen molar-refractivity contribution in [2.45, 2.75) is 27.4 Å². The molecule has 3 aromatic rings. The summed E-state index contributed by atoms with van der Waals surface area (Å²) in [5.41, 5.74) is 1.69. The molecule has 0 aliphatic heterocycles. The Kier molecular flexibility index (Phi) is 15.5. The van der Waals surface area contributed by atoms with Gasteiger partial charge < -0.3 is 19.3 Å². The van der Waals surface area contributed by atoms with Gasteiger partial charge in [0.05, 0.1) is 25.4 Å². The van der Waals surface area contributed by atoms with E-state index >= 15 is 0 Å². The van der Waals surface area contributed by atoms with Gasteiger partial charge >= 0.3 is 106 Å². The smallest absolute Gasteiger partial charge is 0.338 e. The number of para-hydroxylation sites is 1. The number of hydrogen-bond donors (Lipinski definition) is 5. The molecule has 0 aliphatic rings. The molecule has 0 heterocycles. The minimum Gasteiger partial charge on any atom is -0.465 e. The number of ether oxygens (including phenoxy) is 3. The Hall–Kier alpha value is -5.01. The second-order valence-electron chi connectivity index (χ2n) is 9.71. The van der Waals surface area contributed by atoms with Gasteiger partial charge in [-0.1, -0.05) is 48.6 Å². The van der Waals surface area contributed by atoms with E-state index in [9.17, 15) is 32.8 Å². The molecule has 48 heavy (non-hydrogen) atoms. The molecular weight excluding hydrogens is 693 g/mol. The minimum absolute atomic E-state index is 0.134. The molecule has 0 aromatic heterocycles. The summed E-state index contributed by atoms with van der Waals surface area (Å²) >= 11 is -5.14. The number of rotatable bonds is 13. The van der Waals surface area contributed by atoms with Gasteiger partial charge in [-0.15, -0.1) is 0 Å². The van der Waals surface area contributed by atoms with Crippen LogP contribution in [0.5, 0.6) is 5.75 Å². The van der Waals surface area contributed by atoms with Crippen molar-refractivity contribution in [1.29, 1.82) is 0 Å². The van der Waals surface area contributed by atoms with Crippen molar-refractivity contribution in [2.75, 3.05) is 25.1 Å². The van der Waals surface area contributed by atoms with Gasteiger partial charge in [0.2, 0.25) is 0 Å². The van der Waals surface area contributed by atoms with Crippen molar-refractivity contribution < 1.29 is 60.3 Å². The van der Waals surface area contributed by atoms with Crippen molar-refractivity contribution in [3.05, 3.63) is 95.1 Å². The van der Waals surface area contributed by atoms with Crippen LogP contribution in [0.4, 0.5) is 5.69 Å². The first-order valence-corrected chi connectivity index (χ1v) is 17.8. The maximum atomic E-state index is 12.3. The average molecular weight is 730 g/mol. The molecule has 0 saturated carbocycles. The number of aliphatic hydroxyl groups excluding tert-OH is 1. The zero-order valence-corrected chi connectivity index (χ0v) is 28.2. The number of aliphatic hydroxyl groups is 1. The average Bonchev–Trinajstić information content (AvgIpc) is 3.04. The van der Waals surface area contributed by atoms with E-state index in [1.54, 1.807) is 56.3 Å². The Morgan fingerprint density at radius 1 is 0.833 bits per heavy atom. The third-order valence-corrected chi connectivity index (χ3v) is 8.24. The maximum absolute atomic E-state index is 12.3. The van der Waals surface area contributed by atoms with E-state index in [-0.39, 0.29) is 47.0 Å². The zero-order valence-electron chi connectivity index (χ0n) is 26.3. The van der Waals surface area contributed by atoms with Crippen molar-refractivity contribution in [3.8, 4) is 5.75 Å². The summed E-state index contributed by atoms with van der Waals surface area (Å²) in [6, 6.07) is 16.3. The van der Waals surface area contributed by atoms with Crippen molar-refractivity contribution in [1.82, 2.24) is 0 Å². The van der Waals surface area contributed by atoms with Gasteiger partial charge in [-0.05, 0) is 37.1 Å². The second kappa shape index (κ2) is 19.0. The molecule has 0 spiro atoms. The van der Waals surface area contributed by atoms with E-state index in [4.69, 9.17) is 27.5 Å². The fraction of sp³-hybridized carbons (Fsp3) is 0.242. The number of esters is 3. The van der Waals surface area contributed by atoms with E-state index in [1.807, 2.05) is 0 Å². The molecule has 0 unspecified atom stereocenters. The Labute approximate surface area is 279 Å². The number of anilines is 1. The van der Waals surface area contributed by atoms with Crippen LogP contribution in [0.3, 0.4) is 0 Å². The topological polar surface area (TPSA) is 223 Å². The Morgan fingerprint density at radius 3 is 1.90 bits per heavy atom. The van der Waals surface area contributed by atoms with E-state index in [0.29, 0.717) is 16.7 Å². The van der Waals surface area contributed by atoms with Crippen LogP contribution in [0.25, 0.3) is 6.08 Å². The van der Waals surface area contributed by atoms with E-state index in [2.05, 4.69) is 5.32 Å². The van der Waals surface area contributed by atoms with Crippen LogP contribution in [0.2, 0.25) is 0 Å². The quantitative estimate of drug-likeness (QED) is 0.0424. The zero-order chi connectivity index (χ0) is 35.9. The molecule has 15 heteroatoms. The number of ketones is 1. The van der Waals surface area contributed by atoms with Gasteiger partial charge in [-0.2, -0.15) is 0 Å². The molecular formula is C33H36AsNO13. The summed E-state index contributed by atoms with van der Waals surface area (Å²) in [5, 5.41) is 20.6. The molecule has 5 N–H and O–H groups in total. The van der Waals surface area contributed by atoms with E-state index in [0.717, 1.165) is 0 Å². The number of benzene rings is 3. The maximum Gasteiger partial charge on any atom is 0.338 e. The van der Waals surface area contributed by atoms with Crippen molar-refractivity contribution >= 4 is 59.9 Å². The fourth-order valence-electron chi connectivity index (χ4n) is 3.82. The summed E-state index contributed by atoms with van der Waals surface area (Å²) in [7, 11) is 0. The van der Waals surface area contributed by atoms with Gasteiger partial charge in [0, 0.05) is 5.56 Å². The van der Waals surface area contributed by atoms with Crippen LogP contribution < -0.4 is 9.67 Å². The molecule has 0 bridgehead atoms. The summed E-state index contributed by atoms with van der Waals surface area (Å²) in [6.07, 6.45) is 2.94. The first-order valence-electron chi connectivity index (χ1n) is 14.4. The van der Waals surface area contributed by atoms with Crippen LogP contribution >= 0.6 is 0 Å². The number of phenols is 1. The predicted molar refractivity (Wildman–Crippen MR) is 172 cm³/mol. The first kappa shape index (κ1) is 39.2. The molecule has 256 valence electrons. The minimum atomic E-state index is -5.14. The van der Waals surface area contributed by atoms with Crippen LogP contribution in [0.1, 0.15) is 52.6 Å². The van der Waals surface area contributed by atoms with Crippen LogP contribution in [-0.4, -0.2) is 82.0 Å². The van der Waals surface area contributed by atoms with E-state index < -0.39 is 50.5 Å². The third kappa shape index (κ3) is 12.3. The van der Waals surface area contributed by atoms with Gasteiger partial charge in [0.15, 0.2) is 18.3 Å². The number of aromatic hydroxyl groups is 1. The predicted octanol–water partition coefficient (Wildman–Crippen LogP) is 1.89. The molecule has 1 amide bonds. The molecule has 0 aliphatic carbocycles. The van der Waals surface area contributed by atoms with Gasteiger partial charge in [-0.25, -0.2) is 4.79 Å². The SMILES string of the molecule is CC(=O)Nc1c(O)cccc1[As](=O)(O)O.CCOC(=O)C(C=Cc1ccc(C(=O)COC(=O)c2ccc(CO)cc2)cc1)C(=O)OCC. The largest absolute Gasteiger partial charge is 0.465 e. The van der Waals surface area contributed by atoms with Crippen molar-refractivity contribution in [2.24, 2.45) is 5.92 Å². The molecule has 0 atom stereocenters. The summed E-state index contributed by atoms with van der Waals surface area (Å²) in [5.74, 6) is -4.50. The summed E-state index contributed by atoms with van der Waals surface area (Å²) < 4.78 is 43.7. The number of phenolic OH excluding ortho intramolecular Hbond substituents is 1. The van der Waals surface area contributed by atoms with Crippen molar-refractivity contribution in [3.63, 3.8) is 0 Å². The number of carbonyl (C=O) groups is 5. The molecule has 3 aromatic carbocycles. The Bertz CT molecular complexity index is 1640. The van der Waals surface area contributed by atoms with Gasteiger partial charge in [0.1, 0.15) is 0 Å². The number of carbonyl (C=O) groups excluding carboxylic acids is 5. The van der Waals surface area contributed by atoms with Gasteiger partial charge in [0.25, 0.3) is 0 Å². The standard InChI is InChI=1S/C25H26O8.C8H10AsNO5/c1-3-31-24(29)21(25(30)32-4-2)14-9-17-5-10-19(11-6-17)22(27)16-33-23(28)20-12-7-18(15-26)8-13-20;1-5(11)10-8-6(9(13,14)15)3-2-4-7(8)12/h5-14,21,26H,3-4,15-16H2,1-2H3;2-4,12H,1H3,(H,10,11)(H2,13,14,15). The molecule has 14 nitrogen and oxygen atoms in total. The monoisotopic (exact) mass is 729 g/mol. The Morgan fingerprint density at radius 2 is 1.40 bits per heavy atom. The molecule has 3 rings (SSSR count). The summed E-state index contributed by atoms with van der Waals surface area (Å²) in [4.78, 5) is 59.2. The number of Topliss-reactive ketones (excluding diaryl/α,β-unsaturated/α-hetero) is 1. The number of nitrogens with one attached hydrogen (secondary N) is 1. The van der Waals surface area contributed by atoms with Crippen LogP contribution in [0.15, 0.2) is 72.8 Å². The van der Waals surface area contributed by atoms with Crippen LogP contribution in [-0.2, 0) is 38.9 Å². The third-order valence-electron chi connectivity index (χ3n) is 6.14. The molecule has 0 fully saturated rings. The van der Waals surface area contributed by atoms with Crippen LogP contribution in [0, 0.1) is 5.92 Å². The molecule has 0 radical (unpaired) electrons. The number of amides is 1. The second-order valence-corrected chi connectivity index (χ2v) is 13.0. The Balaban J connectivity index is 0.000000444. The number of hydrogen-bond acceptors (Lipinski definition) is 11. The fourth-order valence-corrected chi connectivity index (χ4v) is 5.38. The van der Waals surface area contributed by atoms with Gasteiger partial charge in [-0.3, -0.25) is 14.4 Å². The normalized spacial score (nSPS) is 10.9. The van der Waals surface area contributed by atoms with E-state index in [1.165, 1.54) is 43.3 Å². The first-order chi connectivity index (χ1) is 22.7. The summed E-state index contributed by atoms with van der Waals surface area (Å²) in [6.45, 7) is 4.18.